The van der Waals surface area contributed by atoms with Gasteiger partial charge >= 0.3 is 5.97 Å². The molecule has 3 atom stereocenters. The smallest absolute Gasteiger partial charge is 0.307 e. The maximum absolute atomic E-state index is 11.4. The van der Waals surface area contributed by atoms with Crippen LogP contribution in [0.4, 0.5) is 0 Å². The van der Waals surface area contributed by atoms with Crippen LogP contribution in [0.15, 0.2) is 24.3 Å². The van der Waals surface area contributed by atoms with Crippen molar-refractivity contribution in [2.45, 2.75) is 31.8 Å². The highest BCUT2D eigenvalue weighted by Crippen LogP contribution is 2.34. The molecule has 1 saturated carbocycles. The molecule has 104 valence electrons. The van der Waals surface area contributed by atoms with Crippen LogP contribution < -0.4 is 4.74 Å². The number of hydrogen-bond donors (Lipinski definition) is 2. The van der Waals surface area contributed by atoms with Crippen molar-refractivity contribution in [3.05, 3.63) is 29.8 Å². The van der Waals surface area contributed by atoms with E-state index in [0.717, 1.165) is 30.6 Å². The third kappa shape index (κ3) is 3.26. The molecule has 0 heterocycles. The zero-order valence-corrected chi connectivity index (χ0v) is 11.1. The fourth-order valence-corrected chi connectivity index (χ4v) is 2.88. The SMILES string of the molecule is COc1ccc(CC(C(=O)O)C2CCCC2O)cc1. The zero-order chi connectivity index (χ0) is 13.8. The van der Waals surface area contributed by atoms with Crippen molar-refractivity contribution in [2.75, 3.05) is 7.11 Å². The number of aliphatic carboxylic acids is 1. The Labute approximate surface area is 113 Å². The molecule has 0 amide bonds. The maximum atomic E-state index is 11.4. The maximum Gasteiger partial charge on any atom is 0.307 e. The summed E-state index contributed by atoms with van der Waals surface area (Å²) in [5.74, 6) is -0.691. The number of methoxy groups -OCH3 is 1. The van der Waals surface area contributed by atoms with Crippen molar-refractivity contribution in [2.24, 2.45) is 11.8 Å². The summed E-state index contributed by atoms with van der Waals surface area (Å²) < 4.78 is 5.08. The first kappa shape index (κ1) is 13.9. The van der Waals surface area contributed by atoms with E-state index in [2.05, 4.69) is 0 Å². The summed E-state index contributed by atoms with van der Waals surface area (Å²) in [6.07, 6.45) is 2.42. The van der Waals surface area contributed by atoms with E-state index in [9.17, 15) is 15.0 Å². The van der Waals surface area contributed by atoms with E-state index in [1.54, 1.807) is 7.11 Å². The first-order chi connectivity index (χ1) is 9.11. The van der Waals surface area contributed by atoms with E-state index in [4.69, 9.17) is 4.74 Å². The molecule has 1 aliphatic rings. The molecule has 0 spiro atoms. The topological polar surface area (TPSA) is 66.8 Å². The van der Waals surface area contributed by atoms with Crippen LogP contribution in [0.2, 0.25) is 0 Å². The molecule has 4 heteroatoms. The van der Waals surface area contributed by atoms with Crippen molar-refractivity contribution in [3.8, 4) is 5.75 Å². The van der Waals surface area contributed by atoms with E-state index in [1.165, 1.54) is 0 Å². The van der Waals surface area contributed by atoms with Gasteiger partial charge in [-0.05, 0) is 42.9 Å². The van der Waals surface area contributed by atoms with Gasteiger partial charge in [-0.25, -0.2) is 0 Å². The Balaban J connectivity index is 2.09. The Morgan fingerprint density at radius 3 is 2.53 bits per heavy atom. The zero-order valence-electron chi connectivity index (χ0n) is 11.1. The van der Waals surface area contributed by atoms with Crippen LogP contribution in [-0.2, 0) is 11.2 Å². The number of rotatable bonds is 5. The predicted octanol–water partition coefficient (Wildman–Crippen LogP) is 2.10. The van der Waals surface area contributed by atoms with Crippen LogP contribution in [0, 0.1) is 11.8 Å². The molecule has 0 aliphatic heterocycles. The van der Waals surface area contributed by atoms with Crippen molar-refractivity contribution < 1.29 is 19.7 Å². The number of aliphatic hydroxyl groups excluding tert-OH is 1. The lowest BCUT2D eigenvalue weighted by atomic mass is 9.84. The molecule has 1 aliphatic carbocycles. The van der Waals surface area contributed by atoms with Gasteiger partial charge in [0.05, 0.1) is 19.1 Å². The van der Waals surface area contributed by atoms with Gasteiger partial charge in [0.25, 0.3) is 0 Å². The highest BCUT2D eigenvalue weighted by molar-refractivity contribution is 5.71. The fraction of sp³-hybridized carbons (Fsp3) is 0.533. The Hall–Kier alpha value is -1.55. The van der Waals surface area contributed by atoms with Crippen LogP contribution in [0.5, 0.6) is 5.75 Å². The molecule has 19 heavy (non-hydrogen) atoms. The minimum Gasteiger partial charge on any atom is -0.497 e. The molecule has 2 N–H and O–H groups in total. The summed E-state index contributed by atoms with van der Waals surface area (Å²) in [7, 11) is 1.60. The first-order valence-corrected chi connectivity index (χ1v) is 6.65. The second-order valence-electron chi connectivity index (χ2n) is 5.16. The van der Waals surface area contributed by atoms with Gasteiger partial charge in [0, 0.05) is 0 Å². The standard InChI is InChI=1S/C15H20O4/c1-19-11-7-5-10(6-8-11)9-13(15(17)18)12-3-2-4-14(12)16/h5-8,12-14,16H,2-4,9H2,1H3,(H,17,18). The lowest BCUT2D eigenvalue weighted by Crippen LogP contribution is -2.30. The van der Waals surface area contributed by atoms with Crippen LogP contribution in [0.1, 0.15) is 24.8 Å². The molecule has 4 nitrogen and oxygen atoms in total. The second kappa shape index (κ2) is 6.06. The molecule has 0 radical (unpaired) electrons. The average molecular weight is 264 g/mol. The van der Waals surface area contributed by atoms with Gasteiger partial charge in [-0.1, -0.05) is 18.6 Å². The molecule has 1 aromatic carbocycles. The number of aliphatic hydroxyl groups is 1. The summed E-state index contributed by atoms with van der Waals surface area (Å²) in [4.78, 5) is 11.4. The largest absolute Gasteiger partial charge is 0.497 e. The Morgan fingerprint density at radius 2 is 2.05 bits per heavy atom. The number of hydrogen-bond acceptors (Lipinski definition) is 3. The minimum atomic E-state index is -0.818. The molecular formula is C15H20O4. The molecule has 1 fully saturated rings. The van der Waals surface area contributed by atoms with Crippen LogP contribution in [-0.4, -0.2) is 29.4 Å². The second-order valence-corrected chi connectivity index (χ2v) is 5.16. The average Bonchev–Trinajstić information content (AvgIpc) is 2.82. The van der Waals surface area contributed by atoms with Crippen molar-refractivity contribution in [3.63, 3.8) is 0 Å². The third-order valence-corrected chi connectivity index (χ3v) is 3.98. The van der Waals surface area contributed by atoms with Crippen LogP contribution in [0.25, 0.3) is 0 Å². The van der Waals surface area contributed by atoms with E-state index in [1.807, 2.05) is 24.3 Å². The number of carbonyl (C=O) groups is 1. The summed E-state index contributed by atoms with van der Waals surface area (Å²) in [6.45, 7) is 0. The molecule has 0 bridgehead atoms. The van der Waals surface area contributed by atoms with Crippen LogP contribution in [0.3, 0.4) is 0 Å². The molecular weight excluding hydrogens is 244 g/mol. The lowest BCUT2D eigenvalue weighted by Gasteiger charge is -2.22. The summed E-state index contributed by atoms with van der Waals surface area (Å²) >= 11 is 0. The van der Waals surface area contributed by atoms with E-state index >= 15 is 0 Å². The highest BCUT2D eigenvalue weighted by Gasteiger charge is 2.36. The Bertz CT molecular complexity index is 426. The Morgan fingerprint density at radius 1 is 1.37 bits per heavy atom. The molecule has 2 rings (SSSR count). The summed E-state index contributed by atoms with van der Waals surface area (Å²) in [6, 6.07) is 7.44. The number of ether oxygens (including phenoxy) is 1. The fourth-order valence-electron chi connectivity index (χ4n) is 2.88. The summed E-state index contributed by atoms with van der Waals surface area (Å²) in [5.41, 5.74) is 0.965. The van der Waals surface area contributed by atoms with Gasteiger partial charge in [0.1, 0.15) is 5.75 Å². The monoisotopic (exact) mass is 264 g/mol. The molecule has 0 saturated heterocycles. The predicted molar refractivity (Wildman–Crippen MR) is 71.2 cm³/mol. The van der Waals surface area contributed by atoms with E-state index in [-0.39, 0.29) is 5.92 Å². The number of carboxylic acids is 1. The van der Waals surface area contributed by atoms with Crippen molar-refractivity contribution >= 4 is 5.97 Å². The van der Waals surface area contributed by atoms with Crippen molar-refractivity contribution in [1.29, 1.82) is 0 Å². The highest BCUT2D eigenvalue weighted by atomic mass is 16.5. The molecule has 0 aromatic heterocycles. The number of benzene rings is 1. The van der Waals surface area contributed by atoms with Gasteiger partial charge in [-0.2, -0.15) is 0 Å². The van der Waals surface area contributed by atoms with Crippen molar-refractivity contribution in [1.82, 2.24) is 0 Å². The Kier molecular flexibility index (Phi) is 4.43. The van der Waals surface area contributed by atoms with E-state index in [0.29, 0.717) is 6.42 Å². The van der Waals surface area contributed by atoms with Gasteiger partial charge in [-0.3, -0.25) is 4.79 Å². The molecule has 3 unspecified atom stereocenters. The number of carboxylic acid groups (broad SMARTS) is 1. The minimum absolute atomic E-state index is 0.125. The third-order valence-electron chi connectivity index (χ3n) is 3.98. The van der Waals surface area contributed by atoms with E-state index < -0.39 is 18.0 Å². The lowest BCUT2D eigenvalue weighted by molar-refractivity contribution is -0.145. The van der Waals surface area contributed by atoms with Gasteiger partial charge < -0.3 is 14.9 Å². The van der Waals surface area contributed by atoms with Gasteiger partial charge in [-0.15, -0.1) is 0 Å². The van der Waals surface area contributed by atoms with Gasteiger partial charge in [0.2, 0.25) is 0 Å². The first-order valence-electron chi connectivity index (χ1n) is 6.65. The van der Waals surface area contributed by atoms with Gasteiger partial charge in [0.15, 0.2) is 0 Å². The molecule has 1 aromatic rings. The summed E-state index contributed by atoms with van der Waals surface area (Å²) in [5, 5.41) is 19.3. The normalized spacial score (nSPS) is 24.1. The van der Waals surface area contributed by atoms with Crippen LogP contribution >= 0.6 is 0 Å². The quantitative estimate of drug-likeness (QED) is 0.854.